The largest absolute Gasteiger partial charge is 0.341 e. The highest BCUT2D eigenvalue weighted by atomic mass is 32.2. The first kappa shape index (κ1) is 38.0. The van der Waals surface area contributed by atoms with Crippen LogP contribution in [-0.2, 0) is 9.59 Å². The Labute approximate surface area is 241 Å². The minimum Gasteiger partial charge on any atom is -0.341 e. The van der Waals surface area contributed by atoms with E-state index in [0.717, 1.165) is 25.9 Å². The molecular formula is C32H52N2O2S2. The average Bonchev–Trinajstić information content (AvgIpc) is 3.31. The molecule has 1 heterocycles. The lowest BCUT2D eigenvalue weighted by molar-refractivity contribution is -0.133. The fraction of sp³-hybridized carbons (Fsp3) is 0.500. The van der Waals surface area contributed by atoms with Crippen molar-refractivity contribution in [2.45, 2.75) is 62.3 Å². The van der Waals surface area contributed by atoms with Crippen LogP contribution >= 0.6 is 23.1 Å². The molecule has 0 fully saturated rings. The zero-order valence-electron chi connectivity index (χ0n) is 25.5. The van der Waals surface area contributed by atoms with E-state index in [4.69, 9.17) is 4.79 Å². The Kier molecular flexibility index (Phi) is 22.8. The van der Waals surface area contributed by atoms with Crippen LogP contribution in [0, 0.1) is 18.8 Å². The predicted octanol–water partition coefficient (Wildman–Crippen LogP) is 8.84. The van der Waals surface area contributed by atoms with Crippen LogP contribution in [0.4, 0.5) is 0 Å². The summed E-state index contributed by atoms with van der Waals surface area (Å²) in [4.78, 5) is 26.8. The predicted molar refractivity (Wildman–Crippen MR) is 174 cm³/mol. The number of likely N-dealkylation sites (N-methyl/N-ethyl adjacent to an activating group) is 1. The summed E-state index contributed by atoms with van der Waals surface area (Å²) < 4.78 is 1.38. The summed E-state index contributed by atoms with van der Waals surface area (Å²) >= 11 is 3.54. The normalized spacial score (nSPS) is 11.3. The lowest BCUT2D eigenvalue weighted by Gasteiger charge is -2.28. The van der Waals surface area contributed by atoms with Gasteiger partial charge in [-0.3, -0.25) is 9.69 Å². The first-order chi connectivity index (χ1) is 17.9. The number of carbonyl (C=O) groups excluding carboxylic acids is 2. The minimum absolute atomic E-state index is 0.236. The number of hydrogen-bond acceptors (Lipinski definition) is 5. The van der Waals surface area contributed by atoms with Gasteiger partial charge in [0.1, 0.15) is 6.29 Å². The lowest BCUT2D eigenvalue weighted by atomic mass is 10.1. The van der Waals surface area contributed by atoms with Crippen LogP contribution in [0.15, 0.2) is 64.8 Å². The third kappa shape index (κ3) is 19.0. The Hall–Kier alpha value is -2.15. The molecule has 0 saturated carbocycles. The van der Waals surface area contributed by atoms with Gasteiger partial charge in [0.25, 0.3) is 0 Å². The van der Waals surface area contributed by atoms with Crippen molar-refractivity contribution in [3.8, 4) is 0 Å². The minimum atomic E-state index is 0.236. The van der Waals surface area contributed by atoms with Crippen LogP contribution < -0.4 is 0 Å². The van der Waals surface area contributed by atoms with Gasteiger partial charge >= 0.3 is 0 Å². The van der Waals surface area contributed by atoms with E-state index in [0.29, 0.717) is 18.4 Å². The number of thiophene rings is 1. The number of aldehydes is 1. The van der Waals surface area contributed by atoms with Crippen molar-refractivity contribution in [2.24, 2.45) is 11.8 Å². The SMILES string of the molecule is C/C=C(\C)S/C=C(\C)CN(C)CC(=O)N(CC(C)C)CC(C)C.C=C.CC=O.Cc1ccc2sccc2c1. The van der Waals surface area contributed by atoms with Crippen LogP contribution in [0.2, 0.25) is 0 Å². The second-order valence-corrected chi connectivity index (χ2v) is 12.0. The first-order valence-electron chi connectivity index (χ1n) is 13.2. The molecule has 2 rings (SSSR count). The van der Waals surface area contributed by atoms with Gasteiger partial charge < -0.3 is 9.69 Å². The van der Waals surface area contributed by atoms with E-state index >= 15 is 0 Å². The number of carbonyl (C=O) groups is 2. The van der Waals surface area contributed by atoms with Crippen molar-refractivity contribution in [3.63, 3.8) is 0 Å². The molecule has 0 aliphatic carbocycles. The number of thioether (sulfide) groups is 1. The molecule has 1 amide bonds. The fourth-order valence-electron chi connectivity index (χ4n) is 3.36. The monoisotopic (exact) mass is 560 g/mol. The van der Waals surface area contributed by atoms with Crippen LogP contribution in [0.5, 0.6) is 0 Å². The van der Waals surface area contributed by atoms with Crippen molar-refractivity contribution in [2.75, 3.05) is 33.2 Å². The fourth-order valence-corrected chi connectivity index (χ4v) is 4.73. The molecule has 0 aliphatic heterocycles. The number of allylic oxidation sites excluding steroid dienone is 2. The first-order valence-corrected chi connectivity index (χ1v) is 14.9. The molecule has 38 heavy (non-hydrogen) atoms. The third-order valence-electron chi connectivity index (χ3n) is 4.91. The smallest absolute Gasteiger partial charge is 0.236 e. The highest BCUT2D eigenvalue weighted by Crippen LogP contribution is 2.21. The van der Waals surface area contributed by atoms with E-state index in [1.807, 2.05) is 18.9 Å². The number of nitrogens with zero attached hydrogens (tertiary/aromatic N) is 2. The van der Waals surface area contributed by atoms with Gasteiger partial charge in [-0.2, -0.15) is 0 Å². The molecule has 2 aromatic rings. The van der Waals surface area contributed by atoms with E-state index in [1.165, 1.54) is 33.1 Å². The maximum atomic E-state index is 12.6. The Bertz CT molecular complexity index is 967. The highest BCUT2D eigenvalue weighted by Gasteiger charge is 2.17. The van der Waals surface area contributed by atoms with E-state index in [2.05, 4.69) is 108 Å². The molecule has 0 aliphatic rings. The summed E-state index contributed by atoms with van der Waals surface area (Å²) in [5, 5.41) is 5.67. The van der Waals surface area contributed by atoms with Gasteiger partial charge in [0.05, 0.1) is 6.54 Å². The number of rotatable bonds is 10. The van der Waals surface area contributed by atoms with Gasteiger partial charge in [0.15, 0.2) is 0 Å². The van der Waals surface area contributed by atoms with Crippen LogP contribution in [0.1, 0.15) is 61.0 Å². The second kappa shape index (κ2) is 22.8. The van der Waals surface area contributed by atoms with Gasteiger partial charge in [-0.15, -0.1) is 36.3 Å². The Morgan fingerprint density at radius 1 is 1.03 bits per heavy atom. The zero-order valence-corrected chi connectivity index (χ0v) is 27.2. The van der Waals surface area contributed by atoms with Gasteiger partial charge in [-0.1, -0.05) is 57.0 Å². The summed E-state index contributed by atoms with van der Waals surface area (Å²) in [6.45, 7) is 27.5. The van der Waals surface area contributed by atoms with E-state index in [1.54, 1.807) is 23.1 Å². The summed E-state index contributed by atoms with van der Waals surface area (Å²) in [5.74, 6) is 1.25. The van der Waals surface area contributed by atoms with Gasteiger partial charge in [0, 0.05) is 24.3 Å². The summed E-state index contributed by atoms with van der Waals surface area (Å²) in [6.07, 6.45) is 2.86. The molecule has 214 valence electrons. The van der Waals surface area contributed by atoms with Gasteiger partial charge in [-0.05, 0) is 86.7 Å². The summed E-state index contributed by atoms with van der Waals surface area (Å²) in [7, 11) is 2.02. The van der Waals surface area contributed by atoms with Crippen LogP contribution in [0.25, 0.3) is 10.1 Å². The Morgan fingerprint density at radius 3 is 2.08 bits per heavy atom. The van der Waals surface area contributed by atoms with Crippen LogP contribution in [0.3, 0.4) is 0 Å². The molecule has 1 aromatic carbocycles. The summed E-state index contributed by atoms with van der Waals surface area (Å²) in [6, 6.07) is 8.70. The molecule has 4 nitrogen and oxygen atoms in total. The van der Waals surface area contributed by atoms with Crippen molar-refractivity contribution >= 4 is 45.4 Å². The number of fused-ring (bicyclic) bond motifs is 1. The maximum absolute atomic E-state index is 12.6. The highest BCUT2D eigenvalue weighted by molar-refractivity contribution is 8.05. The molecule has 0 spiro atoms. The lowest BCUT2D eigenvalue weighted by Crippen LogP contribution is -2.42. The van der Waals surface area contributed by atoms with Crippen molar-refractivity contribution in [1.29, 1.82) is 0 Å². The Balaban J connectivity index is 0. The Morgan fingerprint density at radius 2 is 1.58 bits per heavy atom. The molecule has 0 unspecified atom stereocenters. The standard InChI is InChI=1S/C19H36N2OS.C9H8S.C2H4O.C2H4/c1-9-18(7)23-14-17(6)12-20(8)13-19(22)21(10-15(2)3)11-16(4)5;1-7-2-3-9-8(6-7)4-5-10-9;1-2-3;1-2/h9,14-16H,10-13H2,1-8H3;2-6H,1H3;2H,1H3;1-2H2/b17-14+,18-9+;;;. The molecule has 0 N–H and O–H groups in total. The van der Waals surface area contributed by atoms with Crippen molar-refractivity contribution in [1.82, 2.24) is 9.80 Å². The molecule has 0 saturated heterocycles. The number of aryl methyl sites for hydroxylation is 1. The number of benzene rings is 1. The van der Waals surface area contributed by atoms with Crippen molar-refractivity contribution in [3.05, 3.63) is 70.3 Å². The maximum Gasteiger partial charge on any atom is 0.236 e. The van der Waals surface area contributed by atoms with E-state index < -0.39 is 0 Å². The van der Waals surface area contributed by atoms with Crippen LogP contribution in [-0.4, -0.2) is 55.2 Å². The van der Waals surface area contributed by atoms with Gasteiger partial charge in [-0.25, -0.2) is 0 Å². The molecular weight excluding hydrogens is 508 g/mol. The van der Waals surface area contributed by atoms with E-state index in [-0.39, 0.29) is 5.91 Å². The average molecular weight is 561 g/mol. The second-order valence-electron chi connectivity index (χ2n) is 9.94. The molecule has 6 heteroatoms. The molecule has 0 radical (unpaired) electrons. The molecule has 0 bridgehead atoms. The summed E-state index contributed by atoms with van der Waals surface area (Å²) in [5.41, 5.74) is 2.62. The quantitative estimate of drug-likeness (QED) is 0.215. The van der Waals surface area contributed by atoms with Crippen molar-refractivity contribution < 1.29 is 9.59 Å². The molecule has 0 atom stereocenters. The zero-order chi connectivity index (χ0) is 29.7. The van der Waals surface area contributed by atoms with Gasteiger partial charge in [0.2, 0.25) is 5.91 Å². The number of hydrogen-bond donors (Lipinski definition) is 0. The topological polar surface area (TPSA) is 40.6 Å². The number of amides is 1. The molecule has 1 aromatic heterocycles. The van der Waals surface area contributed by atoms with E-state index in [9.17, 15) is 4.79 Å². The third-order valence-corrected chi connectivity index (χ3v) is 6.93.